The van der Waals surface area contributed by atoms with E-state index in [1.54, 1.807) is 0 Å². The molecule has 0 aliphatic heterocycles. The molecule has 16 heavy (non-hydrogen) atoms. The minimum atomic E-state index is 0.408. The van der Waals surface area contributed by atoms with Gasteiger partial charge in [0.05, 0.1) is 0 Å². The first-order chi connectivity index (χ1) is 7.51. The number of hydrogen-bond donors (Lipinski definition) is 1. The highest BCUT2D eigenvalue weighted by atomic mass is 32.2. The van der Waals surface area contributed by atoms with Gasteiger partial charge in [-0.1, -0.05) is 47.0 Å². The Balaban J connectivity index is 2.24. The number of hydrogen-bond acceptors (Lipinski definition) is 2. The second-order valence-corrected chi connectivity index (χ2v) is 7.95. The molecule has 1 saturated carbocycles. The molecule has 1 atom stereocenters. The zero-order chi connectivity index (χ0) is 12.0. The molecule has 0 radical (unpaired) electrons. The lowest BCUT2D eigenvalue weighted by Crippen LogP contribution is -2.36. The van der Waals surface area contributed by atoms with Crippen molar-refractivity contribution < 1.29 is 0 Å². The van der Waals surface area contributed by atoms with Gasteiger partial charge in [0.15, 0.2) is 0 Å². The summed E-state index contributed by atoms with van der Waals surface area (Å²) in [6, 6.07) is 0.745. The highest BCUT2D eigenvalue weighted by molar-refractivity contribution is 8.00. The largest absolute Gasteiger partial charge is 0.313 e. The number of thioether (sulfide) groups is 1. The van der Waals surface area contributed by atoms with E-state index in [-0.39, 0.29) is 0 Å². The van der Waals surface area contributed by atoms with Crippen molar-refractivity contribution in [3.8, 4) is 0 Å². The highest BCUT2D eigenvalue weighted by Gasteiger charge is 2.23. The molecule has 0 aromatic carbocycles. The second-order valence-electron chi connectivity index (χ2n) is 6.11. The van der Waals surface area contributed by atoms with Gasteiger partial charge in [0.25, 0.3) is 0 Å². The maximum Gasteiger partial charge on any atom is 0.0161 e. The van der Waals surface area contributed by atoms with Crippen molar-refractivity contribution in [2.75, 3.05) is 12.3 Å². The maximum absolute atomic E-state index is 3.72. The van der Waals surface area contributed by atoms with Gasteiger partial charge in [0.2, 0.25) is 0 Å². The van der Waals surface area contributed by atoms with Crippen molar-refractivity contribution in [2.24, 2.45) is 5.92 Å². The average molecular weight is 243 g/mol. The Kier molecular flexibility index (Phi) is 6.20. The smallest absolute Gasteiger partial charge is 0.0161 e. The molecule has 0 bridgehead atoms. The van der Waals surface area contributed by atoms with Gasteiger partial charge in [0, 0.05) is 16.5 Å². The second kappa shape index (κ2) is 6.90. The van der Waals surface area contributed by atoms with E-state index in [0.717, 1.165) is 12.0 Å². The lowest BCUT2D eigenvalue weighted by atomic mass is 9.81. The van der Waals surface area contributed by atoms with E-state index in [9.17, 15) is 0 Å². The van der Waals surface area contributed by atoms with Crippen molar-refractivity contribution >= 4 is 11.8 Å². The zero-order valence-corrected chi connectivity index (χ0v) is 12.3. The molecule has 1 N–H and O–H groups in total. The zero-order valence-electron chi connectivity index (χ0n) is 11.5. The van der Waals surface area contributed by atoms with Gasteiger partial charge in [-0.25, -0.2) is 0 Å². The first-order valence-corrected chi connectivity index (χ1v) is 7.87. The Morgan fingerprint density at radius 3 is 2.44 bits per heavy atom. The van der Waals surface area contributed by atoms with Crippen LogP contribution in [0.2, 0.25) is 0 Å². The molecule has 1 aliphatic rings. The Hall–Kier alpha value is 0.310. The van der Waals surface area contributed by atoms with Crippen LogP contribution in [0.25, 0.3) is 0 Å². The van der Waals surface area contributed by atoms with Gasteiger partial charge in [-0.3, -0.25) is 0 Å². The van der Waals surface area contributed by atoms with E-state index < -0.39 is 0 Å². The molecule has 0 aromatic rings. The Labute approximate surface area is 106 Å². The minimum absolute atomic E-state index is 0.408. The molecule has 0 saturated heterocycles. The van der Waals surface area contributed by atoms with Crippen LogP contribution >= 0.6 is 11.8 Å². The predicted octanol–water partition coefficient (Wildman–Crippen LogP) is 4.08. The summed E-state index contributed by atoms with van der Waals surface area (Å²) < 4.78 is 0.408. The SMILES string of the molecule is CCCNC(CSC(C)(C)C)CC1CCC1. The summed E-state index contributed by atoms with van der Waals surface area (Å²) in [4.78, 5) is 0. The monoisotopic (exact) mass is 243 g/mol. The molecule has 1 fully saturated rings. The molecular weight excluding hydrogens is 214 g/mol. The lowest BCUT2D eigenvalue weighted by molar-refractivity contribution is 0.267. The molecule has 2 heteroatoms. The van der Waals surface area contributed by atoms with Crippen LogP contribution in [-0.4, -0.2) is 23.1 Å². The van der Waals surface area contributed by atoms with Crippen LogP contribution in [0.15, 0.2) is 0 Å². The van der Waals surface area contributed by atoms with E-state index in [1.807, 2.05) is 0 Å². The van der Waals surface area contributed by atoms with Crippen LogP contribution in [-0.2, 0) is 0 Å². The van der Waals surface area contributed by atoms with Gasteiger partial charge in [-0.05, 0) is 25.3 Å². The molecule has 0 amide bonds. The summed E-state index contributed by atoms with van der Waals surface area (Å²) in [7, 11) is 0. The fourth-order valence-corrected chi connectivity index (χ4v) is 3.00. The third kappa shape index (κ3) is 6.15. The Morgan fingerprint density at radius 2 is 2.00 bits per heavy atom. The molecule has 1 rings (SSSR count). The van der Waals surface area contributed by atoms with Crippen LogP contribution < -0.4 is 5.32 Å². The molecular formula is C14H29NS. The van der Waals surface area contributed by atoms with Gasteiger partial charge in [0.1, 0.15) is 0 Å². The van der Waals surface area contributed by atoms with E-state index in [0.29, 0.717) is 4.75 Å². The fourth-order valence-electron chi connectivity index (χ4n) is 2.04. The van der Waals surface area contributed by atoms with Crippen molar-refractivity contribution in [1.82, 2.24) is 5.32 Å². The van der Waals surface area contributed by atoms with Crippen molar-refractivity contribution in [3.05, 3.63) is 0 Å². The van der Waals surface area contributed by atoms with Gasteiger partial charge >= 0.3 is 0 Å². The van der Waals surface area contributed by atoms with E-state index in [1.165, 1.54) is 44.4 Å². The summed E-state index contributed by atoms with van der Waals surface area (Å²) >= 11 is 2.11. The standard InChI is InChI=1S/C14H29NS/c1-5-9-15-13(10-12-7-6-8-12)11-16-14(2,3)4/h12-13,15H,5-11H2,1-4H3. The molecule has 1 unspecified atom stereocenters. The Morgan fingerprint density at radius 1 is 1.31 bits per heavy atom. The predicted molar refractivity (Wildman–Crippen MR) is 76.3 cm³/mol. The van der Waals surface area contributed by atoms with Crippen LogP contribution in [0, 0.1) is 5.92 Å². The topological polar surface area (TPSA) is 12.0 Å². The molecule has 1 aliphatic carbocycles. The highest BCUT2D eigenvalue weighted by Crippen LogP contribution is 2.32. The fraction of sp³-hybridized carbons (Fsp3) is 1.00. The Bertz CT molecular complexity index is 182. The van der Waals surface area contributed by atoms with Gasteiger partial charge in [-0.15, -0.1) is 0 Å². The molecule has 1 nitrogen and oxygen atoms in total. The minimum Gasteiger partial charge on any atom is -0.313 e. The number of rotatable bonds is 7. The van der Waals surface area contributed by atoms with Gasteiger partial charge < -0.3 is 5.32 Å². The first-order valence-electron chi connectivity index (χ1n) is 6.88. The summed E-state index contributed by atoms with van der Waals surface area (Å²) in [6.07, 6.45) is 7.08. The molecule has 0 aromatic heterocycles. The van der Waals surface area contributed by atoms with E-state index in [4.69, 9.17) is 0 Å². The van der Waals surface area contributed by atoms with Crippen LogP contribution in [0.5, 0.6) is 0 Å². The summed E-state index contributed by atoms with van der Waals surface area (Å²) in [5.41, 5.74) is 0. The molecule has 0 heterocycles. The summed E-state index contributed by atoms with van der Waals surface area (Å²) in [5.74, 6) is 2.30. The van der Waals surface area contributed by atoms with E-state index in [2.05, 4.69) is 44.8 Å². The lowest BCUT2D eigenvalue weighted by Gasteiger charge is -2.31. The first kappa shape index (κ1) is 14.4. The normalized spacial score (nSPS) is 19.5. The third-order valence-electron chi connectivity index (χ3n) is 3.24. The average Bonchev–Trinajstić information content (AvgIpc) is 2.12. The third-order valence-corrected chi connectivity index (χ3v) is 4.68. The van der Waals surface area contributed by atoms with Crippen molar-refractivity contribution in [1.29, 1.82) is 0 Å². The van der Waals surface area contributed by atoms with Crippen LogP contribution in [0.4, 0.5) is 0 Å². The van der Waals surface area contributed by atoms with Crippen LogP contribution in [0.3, 0.4) is 0 Å². The quantitative estimate of drug-likeness (QED) is 0.723. The summed E-state index contributed by atoms with van der Waals surface area (Å²) in [5, 5.41) is 3.72. The van der Waals surface area contributed by atoms with Gasteiger partial charge in [-0.2, -0.15) is 11.8 Å². The van der Waals surface area contributed by atoms with E-state index >= 15 is 0 Å². The van der Waals surface area contributed by atoms with Crippen molar-refractivity contribution in [3.63, 3.8) is 0 Å². The van der Waals surface area contributed by atoms with Crippen LogP contribution in [0.1, 0.15) is 59.8 Å². The van der Waals surface area contributed by atoms with Crippen molar-refractivity contribution in [2.45, 2.75) is 70.6 Å². The molecule has 96 valence electrons. The molecule has 0 spiro atoms. The maximum atomic E-state index is 3.72. The summed E-state index contributed by atoms with van der Waals surface area (Å²) in [6.45, 7) is 10.4. The number of nitrogens with one attached hydrogen (secondary N) is 1.